The summed E-state index contributed by atoms with van der Waals surface area (Å²) in [6.07, 6.45) is -4.21. The summed E-state index contributed by atoms with van der Waals surface area (Å²) in [5, 5.41) is 10.5. The smallest absolute Gasteiger partial charge is 0.350 e. The van der Waals surface area contributed by atoms with Crippen LogP contribution in [0, 0.1) is 12.7 Å². The molecule has 0 spiro atoms. The van der Waals surface area contributed by atoms with E-state index in [1.807, 2.05) is 41.0 Å². The number of carbonyl (C=O) groups is 2. The van der Waals surface area contributed by atoms with Crippen molar-refractivity contribution in [3.8, 4) is 17.2 Å². The molecule has 0 saturated heterocycles. The van der Waals surface area contributed by atoms with E-state index in [1.54, 1.807) is 19.1 Å². The first-order valence-corrected chi connectivity index (χ1v) is 13.5. The molecule has 43 heavy (non-hydrogen) atoms. The highest BCUT2D eigenvalue weighted by Crippen LogP contribution is 2.39. The number of aromatic nitrogens is 3. The number of halogens is 5. The molecule has 2 aromatic heterocycles. The van der Waals surface area contributed by atoms with Crippen LogP contribution in [0.4, 0.5) is 17.6 Å². The van der Waals surface area contributed by atoms with Crippen molar-refractivity contribution >= 4 is 34.3 Å². The number of amides is 2. The maximum atomic E-state index is 14.2. The number of nitrogens with one attached hydrogen (secondary N) is 2. The van der Waals surface area contributed by atoms with E-state index in [4.69, 9.17) is 16.1 Å². The summed E-state index contributed by atoms with van der Waals surface area (Å²) >= 11 is 6.74. The quantitative estimate of drug-likeness (QED) is 0.208. The molecule has 2 amide bonds. The largest absolute Gasteiger partial charge is 0.416 e. The number of fused-ring (bicyclic) bond motifs is 1. The lowest BCUT2D eigenvalue weighted by Crippen LogP contribution is -2.49. The first kappa shape index (κ1) is 28.4. The summed E-state index contributed by atoms with van der Waals surface area (Å²) in [5.41, 5.74) is -0.383. The first-order chi connectivity index (χ1) is 20.5. The Kier molecular flexibility index (Phi) is 6.96. The number of hydrogen-bond acceptors (Lipinski definition) is 5. The van der Waals surface area contributed by atoms with Gasteiger partial charge in [-0.1, -0.05) is 47.1 Å². The van der Waals surface area contributed by atoms with Crippen LogP contribution in [0.5, 0.6) is 0 Å². The van der Waals surface area contributed by atoms with Crippen LogP contribution in [-0.2, 0) is 17.5 Å². The number of benzene rings is 3. The van der Waals surface area contributed by atoms with E-state index in [-0.39, 0.29) is 19.4 Å². The lowest BCUT2D eigenvalue weighted by Gasteiger charge is -2.18. The summed E-state index contributed by atoms with van der Waals surface area (Å²) in [5.74, 6) is -2.01. The van der Waals surface area contributed by atoms with E-state index < -0.39 is 40.5 Å². The number of carbonyl (C=O) groups excluding carboxylic acids is 2. The van der Waals surface area contributed by atoms with Crippen LogP contribution in [0.3, 0.4) is 0 Å². The zero-order valence-corrected chi connectivity index (χ0v) is 23.2. The van der Waals surface area contributed by atoms with Crippen LogP contribution >= 0.6 is 11.6 Å². The molecular formula is C30H22ClF4N5O3. The van der Waals surface area contributed by atoms with E-state index in [2.05, 4.69) is 20.8 Å². The van der Waals surface area contributed by atoms with Crippen molar-refractivity contribution in [3.63, 3.8) is 0 Å². The fourth-order valence-electron chi connectivity index (χ4n) is 4.87. The number of rotatable bonds is 7. The Hall–Kier alpha value is -4.71. The minimum absolute atomic E-state index is 0.110. The predicted octanol–water partition coefficient (Wildman–Crippen LogP) is 6.38. The van der Waals surface area contributed by atoms with E-state index in [9.17, 15) is 27.2 Å². The Balaban J connectivity index is 1.18. The molecule has 8 nitrogen and oxygen atoms in total. The van der Waals surface area contributed by atoms with Gasteiger partial charge in [-0.05, 0) is 54.8 Å². The number of hydrogen-bond donors (Lipinski definition) is 2. The molecule has 6 rings (SSSR count). The summed E-state index contributed by atoms with van der Waals surface area (Å²) in [6.45, 7) is 1.79. The van der Waals surface area contributed by atoms with E-state index >= 15 is 0 Å². The highest BCUT2D eigenvalue weighted by molar-refractivity contribution is 6.38. The van der Waals surface area contributed by atoms with Gasteiger partial charge in [-0.25, -0.2) is 4.39 Å². The lowest BCUT2D eigenvalue weighted by molar-refractivity contribution is -0.137. The molecule has 5 aromatic rings. The number of para-hydroxylation sites is 1. The normalized spacial score (nSPS) is 14.1. The van der Waals surface area contributed by atoms with Crippen molar-refractivity contribution in [3.05, 3.63) is 100 Å². The summed E-state index contributed by atoms with van der Waals surface area (Å²) in [4.78, 5) is 30.0. The van der Waals surface area contributed by atoms with Crippen molar-refractivity contribution in [1.29, 1.82) is 0 Å². The molecule has 1 saturated carbocycles. The molecular weight excluding hydrogens is 590 g/mol. The van der Waals surface area contributed by atoms with Gasteiger partial charge in [0, 0.05) is 24.5 Å². The van der Waals surface area contributed by atoms with Gasteiger partial charge < -0.3 is 19.7 Å². The van der Waals surface area contributed by atoms with Crippen molar-refractivity contribution in [2.24, 2.45) is 0 Å². The summed E-state index contributed by atoms with van der Waals surface area (Å²) < 4.78 is 60.5. The van der Waals surface area contributed by atoms with Crippen LogP contribution in [-0.4, -0.2) is 32.1 Å². The zero-order valence-electron chi connectivity index (χ0n) is 22.4. The average molecular weight is 612 g/mol. The first-order valence-electron chi connectivity index (χ1n) is 13.1. The molecule has 3 aromatic carbocycles. The number of alkyl halides is 3. The van der Waals surface area contributed by atoms with Crippen molar-refractivity contribution in [1.82, 2.24) is 25.3 Å². The minimum atomic E-state index is -4.75. The van der Waals surface area contributed by atoms with Crippen LogP contribution in [0.2, 0.25) is 5.02 Å². The maximum Gasteiger partial charge on any atom is 0.416 e. The molecule has 0 atom stereocenters. The fraction of sp³-hybridized carbons (Fsp3) is 0.200. The molecule has 1 aliphatic carbocycles. The van der Waals surface area contributed by atoms with Gasteiger partial charge in [-0.2, -0.15) is 18.2 Å². The van der Waals surface area contributed by atoms with Crippen LogP contribution in [0.25, 0.3) is 28.1 Å². The van der Waals surface area contributed by atoms with E-state index in [0.29, 0.717) is 40.6 Å². The van der Waals surface area contributed by atoms with E-state index in [1.165, 1.54) is 0 Å². The molecule has 220 valence electrons. The van der Waals surface area contributed by atoms with Gasteiger partial charge in [0.05, 0.1) is 21.7 Å². The molecule has 2 heterocycles. The van der Waals surface area contributed by atoms with Crippen molar-refractivity contribution in [2.45, 2.75) is 38.0 Å². The molecule has 13 heteroatoms. The van der Waals surface area contributed by atoms with Gasteiger partial charge in [0.25, 0.3) is 5.91 Å². The second kappa shape index (κ2) is 10.5. The SMILES string of the molecule is Cc1nc(-c2c(Cl)c3ccccc3n2-c2ccc(CNC(=O)C3(NC(=O)c4cc(C(F)(F)F)ccc4F)CC3)cc2)no1. The molecule has 2 N–H and O–H groups in total. The van der Waals surface area contributed by atoms with Gasteiger partial charge >= 0.3 is 6.18 Å². The second-order valence-corrected chi connectivity index (χ2v) is 10.6. The number of aryl methyl sites for hydroxylation is 1. The van der Waals surface area contributed by atoms with Crippen molar-refractivity contribution in [2.75, 3.05) is 0 Å². The maximum absolute atomic E-state index is 14.2. The Labute approximate surface area is 246 Å². The Morgan fingerprint density at radius 2 is 1.79 bits per heavy atom. The van der Waals surface area contributed by atoms with E-state index in [0.717, 1.165) is 22.2 Å². The summed E-state index contributed by atoms with van der Waals surface area (Å²) in [7, 11) is 0. The lowest BCUT2D eigenvalue weighted by atomic mass is 10.1. The van der Waals surface area contributed by atoms with Crippen LogP contribution in [0.1, 0.15) is 40.2 Å². The minimum Gasteiger partial charge on any atom is -0.350 e. The van der Waals surface area contributed by atoms with Gasteiger partial charge in [0.1, 0.15) is 17.1 Å². The molecule has 1 aliphatic rings. The standard InChI is InChI=1S/C30H22ClF4N5O3/c1-16-37-26(39-43-16)25-24(31)20-4-2-3-5-23(20)40(25)19-9-6-17(7-10-19)15-36-28(42)29(12-13-29)38-27(41)21-14-18(30(33,34)35)8-11-22(21)32/h2-11,14H,12-13,15H2,1H3,(H,36,42)(H,38,41). The fourth-order valence-corrected chi connectivity index (χ4v) is 5.20. The molecule has 1 fully saturated rings. The van der Waals surface area contributed by atoms with Crippen LogP contribution in [0.15, 0.2) is 71.3 Å². The Bertz CT molecular complexity index is 1880. The zero-order chi connectivity index (χ0) is 30.5. The third-order valence-corrected chi connectivity index (χ3v) is 7.66. The molecule has 0 bridgehead atoms. The van der Waals surface area contributed by atoms with Gasteiger partial charge in [0.2, 0.25) is 17.6 Å². The predicted molar refractivity (Wildman–Crippen MR) is 149 cm³/mol. The van der Waals surface area contributed by atoms with Gasteiger partial charge in [-0.3, -0.25) is 9.59 Å². The van der Waals surface area contributed by atoms with Crippen molar-refractivity contribution < 1.29 is 31.7 Å². The monoisotopic (exact) mass is 611 g/mol. The molecule has 0 radical (unpaired) electrons. The number of nitrogens with zero attached hydrogens (tertiary/aromatic N) is 3. The van der Waals surface area contributed by atoms with Gasteiger partial charge in [0.15, 0.2) is 0 Å². The average Bonchev–Trinajstić information content (AvgIpc) is 3.54. The van der Waals surface area contributed by atoms with Crippen LogP contribution < -0.4 is 10.6 Å². The highest BCUT2D eigenvalue weighted by Gasteiger charge is 2.51. The van der Waals surface area contributed by atoms with Gasteiger partial charge in [-0.15, -0.1) is 0 Å². The second-order valence-electron chi connectivity index (χ2n) is 10.2. The molecule has 0 unspecified atom stereocenters. The highest BCUT2D eigenvalue weighted by atomic mass is 35.5. The topological polar surface area (TPSA) is 102 Å². The molecule has 0 aliphatic heterocycles. The third kappa shape index (κ3) is 5.34. The Morgan fingerprint density at radius 1 is 1.07 bits per heavy atom. The third-order valence-electron chi connectivity index (χ3n) is 7.28. The summed E-state index contributed by atoms with van der Waals surface area (Å²) in [6, 6.07) is 16.4. The Morgan fingerprint density at radius 3 is 2.44 bits per heavy atom.